The quantitative estimate of drug-likeness (QED) is 0.299. The Bertz CT molecular complexity index is 1660. The molecule has 6 aliphatic carbocycles. The van der Waals surface area contributed by atoms with Crippen LogP contribution in [0.2, 0.25) is 0 Å². The van der Waals surface area contributed by atoms with E-state index in [1.54, 1.807) is 6.92 Å². The summed E-state index contributed by atoms with van der Waals surface area (Å²) in [4.78, 5) is 31.5. The summed E-state index contributed by atoms with van der Waals surface area (Å²) in [5.74, 6) is 0.600. The van der Waals surface area contributed by atoms with Gasteiger partial charge in [-0.25, -0.2) is 0 Å². The van der Waals surface area contributed by atoms with E-state index in [1.165, 1.54) is 0 Å². The Balaban J connectivity index is 1.22. The van der Waals surface area contributed by atoms with Crippen molar-refractivity contribution in [3.05, 3.63) is 84.0 Å². The third-order valence-electron chi connectivity index (χ3n) is 14.5. The molecule has 2 bridgehead atoms. The summed E-state index contributed by atoms with van der Waals surface area (Å²) in [6.45, 7) is 9.96. The second kappa shape index (κ2) is 10.7. The first-order valence-electron chi connectivity index (χ1n) is 18.0. The molecule has 6 nitrogen and oxygen atoms in total. The van der Waals surface area contributed by atoms with E-state index >= 15 is 4.79 Å². The van der Waals surface area contributed by atoms with Crippen LogP contribution in [0.5, 0.6) is 0 Å². The molecule has 0 aromatic heterocycles. The molecule has 248 valence electrons. The number of hydrogen-bond acceptors (Lipinski definition) is 5. The van der Waals surface area contributed by atoms with Crippen LogP contribution in [0, 0.1) is 33.5 Å². The lowest BCUT2D eigenvalue weighted by molar-refractivity contribution is -0.177. The van der Waals surface area contributed by atoms with Gasteiger partial charge in [0.2, 0.25) is 5.91 Å². The average Bonchev–Trinajstić information content (AvgIpc) is 3.34. The molecule has 1 heterocycles. The van der Waals surface area contributed by atoms with Crippen LogP contribution < -0.4 is 0 Å². The van der Waals surface area contributed by atoms with Crippen LogP contribution in [0.25, 0.3) is 11.1 Å². The van der Waals surface area contributed by atoms with Crippen molar-refractivity contribution < 1.29 is 19.8 Å². The Morgan fingerprint density at radius 2 is 1.49 bits per heavy atom. The standard InChI is InChI=1S/C41H50N2O4/c1-28(44)43-23-21-42(22-24-43)27-40(47)18-15-35-38(40,3)17-14-34-37(2)16-13-30(45)25-39(37)19-20-41(34,35)33(26-39)36(46)32-12-8-7-11-31(32)29-9-5-4-6-10-29/h4-12,19-20,26,30,34-35,45,47H,13-18,21-25,27H2,1-3H3. The lowest BCUT2D eigenvalue weighted by atomic mass is 9.32. The van der Waals surface area contributed by atoms with Gasteiger partial charge in [-0.05, 0) is 73.3 Å². The van der Waals surface area contributed by atoms with Gasteiger partial charge < -0.3 is 15.1 Å². The monoisotopic (exact) mass is 634 g/mol. The Morgan fingerprint density at radius 3 is 2.23 bits per heavy atom. The minimum absolute atomic E-state index is 0.0608. The number of fused-ring (bicyclic) bond motifs is 1. The van der Waals surface area contributed by atoms with E-state index in [9.17, 15) is 15.0 Å². The van der Waals surface area contributed by atoms with E-state index in [2.05, 4.69) is 55.2 Å². The van der Waals surface area contributed by atoms with Gasteiger partial charge in [-0.3, -0.25) is 14.5 Å². The lowest BCUT2D eigenvalue weighted by Crippen LogP contribution is -2.67. The number of β-amino-alcohol motifs (C(OH)–C–C–N with tert-alkyl or cyclic N) is 1. The maximum Gasteiger partial charge on any atom is 0.219 e. The molecule has 0 radical (unpaired) electrons. The highest BCUT2D eigenvalue weighted by atomic mass is 16.3. The predicted octanol–water partition coefficient (Wildman–Crippen LogP) is 6.29. The van der Waals surface area contributed by atoms with Gasteiger partial charge in [0.1, 0.15) is 0 Å². The zero-order valence-electron chi connectivity index (χ0n) is 28.3. The third-order valence-corrected chi connectivity index (χ3v) is 14.5. The summed E-state index contributed by atoms with van der Waals surface area (Å²) in [6.07, 6.45) is 12.6. The van der Waals surface area contributed by atoms with Crippen molar-refractivity contribution in [2.45, 2.75) is 77.4 Å². The number of amides is 1. The molecule has 6 heteroatoms. The summed E-state index contributed by atoms with van der Waals surface area (Å²) in [5, 5.41) is 23.8. The second-order valence-corrected chi connectivity index (χ2v) is 16.3. The van der Waals surface area contributed by atoms with Gasteiger partial charge >= 0.3 is 0 Å². The SMILES string of the molecule is CC(=O)N1CCN(CC2(O)CCC3C45C=CC6(C=C4C(=O)c4ccccc4-c4ccccc4)CC(O)CCC6(C)C5CCC32C)CC1. The number of benzene rings is 2. The zero-order chi connectivity index (χ0) is 32.8. The summed E-state index contributed by atoms with van der Waals surface area (Å²) in [7, 11) is 0. The summed E-state index contributed by atoms with van der Waals surface area (Å²) in [5.41, 5.74) is 1.47. The number of ketones is 1. The van der Waals surface area contributed by atoms with Crippen LogP contribution in [0.15, 0.2) is 78.4 Å². The van der Waals surface area contributed by atoms with Gasteiger partial charge in [-0.2, -0.15) is 0 Å². The Hall–Kier alpha value is -3.06. The van der Waals surface area contributed by atoms with Crippen molar-refractivity contribution in [1.29, 1.82) is 0 Å². The highest BCUT2D eigenvalue weighted by Gasteiger charge is 2.74. The number of carbonyl (C=O) groups is 2. The van der Waals surface area contributed by atoms with Gasteiger partial charge in [-0.1, -0.05) is 86.7 Å². The minimum atomic E-state index is -0.880. The molecule has 9 rings (SSSR count). The van der Waals surface area contributed by atoms with Crippen molar-refractivity contribution in [3.8, 4) is 11.1 Å². The maximum absolute atomic E-state index is 15.3. The van der Waals surface area contributed by atoms with Crippen molar-refractivity contribution in [2.75, 3.05) is 32.7 Å². The molecule has 2 aromatic carbocycles. The fourth-order valence-corrected chi connectivity index (χ4v) is 11.9. The smallest absolute Gasteiger partial charge is 0.219 e. The number of piperazine rings is 1. The summed E-state index contributed by atoms with van der Waals surface area (Å²) < 4.78 is 0. The minimum Gasteiger partial charge on any atom is -0.393 e. The van der Waals surface area contributed by atoms with Crippen LogP contribution in [-0.4, -0.2) is 76.1 Å². The van der Waals surface area contributed by atoms with Gasteiger partial charge in [0.05, 0.1) is 11.7 Å². The summed E-state index contributed by atoms with van der Waals surface area (Å²) in [6, 6.07) is 18.2. The molecule has 8 unspecified atom stereocenters. The molecule has 4 fully saturated rings. The van der Waals surface area contributed by atoms with Crippen molar-refractivity contribution in [1.82, 2.24) is 9.80 Å². The van der Waals surface area contributed by atoms with Crippen molar-refractivity contribution in [3.63, 3.8) is 0 Å². The highest BCUT2D eigenvalue weighted by molar-refractivity contribution is 6.14. The van der Waals surface area contributed by atoms with Crippen LogP contribution in [0.3, 0.4) is 0 Å². The number of hydrogen-bond donors (Lipinski definition) is 2. The van der Waals surface area contributed by atoms with E-state index in [1.807, 2.05) is 41.3 Å². The molecule has 47 heavy (non-hydrogen) atoms. The van der Waals surface area contributed by atoms with Gasteiger partial charge in [0.15, 0.2) is 5.78 Å². The largest absolute Gasteiger partial charge is 0.393 e. The molecule has 8 atom stereocenters. The fourth-order valence-electron chi connectivity index (χ4n) is 11.9. The first-order chi connectivity index (χ1) is 22.5. The number of aliphatic hydroxyl groups is 2. The number of rotatable bonds is 5. The van der Waals surface area contributed by atoms with Crippen molar-refractivity contribution >= 4 is 11.7 Å². The maximum atomic E-state index is 15.3. The Morgan fingerprint density at radius 1 is 0.830 bits per heavy atom. The van der Waals surface area contributed by atoms with Crippen molar-refractivity contribution in [2.24, 2.45) is 33.5 Å². The Kier molecular flexibility index (Phi) is 7.12. The zero-order valence-corrected chi connectivity index (χ0v) is 28.3. The normalized spacial score (nSPS) is 40.7. The first kappa shape index (κ1) is 31.2. The molecule has 1 amide bonds. The molecule has 2 N–H and O–H groups in total. The van der Waals surface area contributed by atoms with Crippen LogP contribution >= 0.6 is 0 Å². The topological polar surface area (TPSA) is 81.1 Å². The van der Waals surface area contributed by atoms with Gasteiger partial charge in [0, 0.05) is 67.0 Å². The number of nitrogens with zero attached hydrogens (tertiary/aromatic N) is 2. The lowest BCUT2D eigenvalue weighted by Gasteiger charge is -2.71. The third kappa shape index (κ3) is 4.26. The predicted molar refractivity (Wildman–Crippen MR) is 183 cm³/mol. The van der Waals surface area contributed by atoms with E-state index in [4.69, 9.17) is 0 Å². The highest BCUT2D eigenvalue weighted by Crippen LogP contribution is 2.78. The molecular formula is C41H50N2O4. The summed E-state index contributed by atoms with van der Waals surface area (Å²) >= 11 is 0. The van der Waals surface area contributed by atoms with E-state index < -0.39 is 11.0 Å². The molecular weight excluding hydrogens is 584 g/mol. The van der Waals surface area contributed by atoms with Gasteiger partial charge in [0.25, 0.3) is 0 Å². The van der Waals surface area contributed by atoms with Crippen LogP contribution in [0.1, 0.15) is 76.1 Å². The van der Waals surface area contributed by atoms with Crippen LogP contribution in [-0.2, 0) is 4.79 Å². The number of aliphatic hydroxyl groups excluding tert-OH is 1. The fraction of sp³-hybridized carbons (Fsp3) is 0.561. The number of allylic oxidation sites excluding steroid dienone is 4. The molecule has 3 saturated carbocycles. The van der Waals surface area contributed by atoms with Gasteiger partial charge in [-0.15, -0.1) is 0 Å². The molecule has 2 aromatic rings. The molecule has 2 spiro atoms. The Labute approximate surface area is 279 Å². The first-order valence-corrected chi connectivity index (χ1v) is 18.0. The van der Waals surface area contributed by atoms with E-state index in [-0.39, 0.29) is 45.9 Å². The number of Topliss-reactive ketones (excluding diaryl/α,β-unsaturated/α-hetero) is 1. The molecule has 1 aliphatic heterocycles. The second-order valence-electron chi connectivity index (χ2n) is 16.3. The molecule has 1 saturated heterocycles. The van der Waals surface area contributed by atoms with Crippen LogP contribution in [0.4, 0.5) is 0 Å². The number of carbonyl (C=O) groups excluding carboxylic acids is 2. The van der Waals surface area contributed by atoms with E-state index in [0.29, 0.717) is 32.5 Å². The van der Waals surface area contributed by atoms with E-state index in [0.717, 1.165) is 67.5 Å². The average molecular weight is 635 g/mol. The molecule has 7 aliphatic rings.